The fraction of sp³-hybridized carbons (Fsp3) is 0.364. The molecule has 1 aliphatic rings. The Balaban J connectivity index is 1.80. The van der Waals surface area contributed by atoms with Crippen LogP contribution in [0.1, 0.15) is 35.2 Å². The molecule has 0 aliphatic carbocycles. The van der Waals surface area contributed by atoms with Crippen LogP contribution >= 0.6 is 11.6 Å². The van der Waals surface area contributed by atoms with Gasteiger partial charge in [-0.25, -0.2) is 8.78 Å². The molecular weight excluding hydrogens is 414 g/mol. The molecule has 0 unspecified atom stereocenters. The summed E-state index contributed by atoms with van der Waals surface area (Å²) in [6.07, 6.45) is 1.25. The first-order valence-corrected chi connectivity index (χ1v) is 9.98. The molecule has 1 saturated heterocycles. The van der Waals surface area contributed by atoms with Gasteiger partial charge in [0.15, 0.2) is 0 Å². The second kappa shape index (κ2) is 9.00. The van der Waals surface area contributed by atoms with Crippen LogP contribution in [0, 0.1) is 24.0 Å². The number of hydrogen-bond donors (Lipinski definition) is 1. The highest BCUT2D eigenvalue weighted by Gasteiger charge is 2.40. The van der Waals surface area contributed by atoms with Gasteiger partial charge in [-0.2, -0.15) is 0 Å². The van der Waals surface area contributed by atoms with Crippen molar-refractivity contribution in [3.8, 4) is 5.75 Å². The third kappa shape index (κ3) is 5.08. The lowest BCUT2D eigenvalue weighted by atomic mass is 9.77. The third-order valence-corrected chi connectivity index (χ3v) is 5.76. The molecule has 0 aromatic heterocycles. The maximum Gasteiger partial charge on any atom is 0.256 e. The van der Waals surface area contributed by atoms with Crippen molar-refractivity contribution in [3.05, 3.63) is 64.2 Å². The molecule has 3 rings (SSSR count). The molecule has 2 aromatic rings. The smallest absolute Gasteiger partial charge is 0.256 e. The highest BCUT2D eigenvalue weighted by molar-refractivity contribution is 6.31. The first-order valence-electron chi connectivity index (χ1n) is 9.61. The van der Waals surface area contributed by atoms with Gasteiger partial charge in [0.05, 0.1) is 12.2 Å². The Labute approximate surface area is 178 Å². The maximum atomic E-state index is 14.1. The topological polar surface area (TPSA) is 72.6 Å². The average Bonchev–Trinajstić information content (AvgIpc) is 2.68. The standard InChI is InChI=1S/C22H23ClF2N2O3/c1-14-9-16(4-6-18(14)23)30-13-22(11-20(26)28)7-2-8-27(12-22)21(29)17-5-3-15(24)10-19(17)25/h3-6,9-10H,2,7-8,11-13H2,1H3,(H2,26,28)/t22-/m0/s1. The highest BCUT2D eigenvalue weighted by Crippen LogP contribution is 2.35. The molecule has 0 spiro atoms. The van der Waals surface area contributed by atoms with Gasteiger partial charge in [0, 0.05) is 36.0 Å². The van der Waals surface area contributed by atoms with Crippen molar-refractivity contribution in [2.45, 2.75) is 26.2 Å². The van der Waals surface area contributed by atoms with E-state index in [0.717, 1.165) is 17.7 Å². The summed E-state index contributed by atoms with van der Waals surface area (Å²) >= 11 is 6.05. The molecule has 0 radical (unpaired) electrons. The number of primary amides is 1. The summed E-state index contributed by atoms with van der Waals surface area (Å²) in [5.41, 5.74) is 5.42. The van der Waals surface area contributed by atoms with E-state index in [-0.39, 0.29) is 25.1 Å². The summed E-state index contributed by atoms with van der Waals surface area (Å²) in [5.74, 6) is -2.14. The number of hydrogen-bond acceptors (Lipinski definition) is 3. The molecule has 1 fully saturated rings. The summed E-state index contributed by atoms with van der Waals surface area (Å²) in [6, 6.07) is 8.10. The Kier molecular flexibility index (Phi) is 6.61. The lowest BCUT2D eigenvalue weighted by molar-refractivity contribution is -0.122. The Bertz CT molecular complexity index is 969. The average molecular weight is 437 g/mol. The molecule has 160 valence electrons. The van der Waals surface area contributed by atoms with Crippen LogP contribution in [0.3, 0.4) is 0 Å². The normalized spacial score (nSPS) is 18.9. The van der Waals surface area contributed by atoms with E-state index in [1.165, 1.54) is 4.90 Å². The van der Waals surface area contributed by atoms with Crippen molar-refractivity contribution in [2.75, 3.05) is 19.7 Å². The minimum atomic E-state index is -0.918. The SMILES string of the molecule is Cc1cc(OC[C@]2(CC(N)=O)CCCN(C(=O)c3ccc(F)cc3F)C2)ccc1Cl. The van der Waals surface area contributed by atoms with E-state index < -0.39 is 28.9 Å². The molecule has 0 saturated carbocycles. The van der Waals surface area contributed by atoms with E-state index in [1.807, 2.05) is 6.92 Å². The minimum absolute atomic E-state index is 0.0231. The number of aryl methyl sites for hydroxylation is 1. The summed E-state index contributed by atoms with van der Waals surface area (Å²) in [5, 5.41) is 0.616. The Morgan fingerprint density at radius 1 is 1.23 bits per heavy atom. The second-order valence-electron chi connectivity index (χ2n) is 7.80. The van der Waals surface area contributed by atoms with Gasteiger partial charge in [0.25, 0.3) is 5.91 Å². The number of piperidine rings is 1. The number of likely N-dealkylation sites (tertiary alicyclic amines) is 1. The van der Waals surface area contributed by atoms with Gasteiger partial charge >= 0.3 is 0 Å². The summed E-state index contributed by atoms with van der Waals surface area (Å²) < 4.78 is 33.2. The lowest BCUT2D eigenvalue weighted by Crippen LogP contribution is -2.50. The molecule has 8 heteroatoms. The number of nitrogens with two attached hydrogens (primary N) is 1. The number of nitrogens with zero attached hydrogens (tertiary/aromatic N) is 1. The number of rotatable bonds is 6. The monoisotopic (exact) mass is 436 g/mol. The third-order valence-electron chi connectivity index (χ3n) is 5.33. The summed E-state index contributed by atoms with van der Waals surface area (Å²) in [6.45, 7) is 2.59. The van der Waals surface area contributed by atoms with Crippen LogP contribution in [0.5, 0.6) is 5.75 Å². The van der Waals surface area contributed by atoms with Gasteiger partial charge < -0.3 is 15.4 Å². The fourth-order valence-corrected chi connectivity index (χ4v) is 3.96. The molecular formula is C22H23ClF2N2O3. The van der Waals surface area contributed by atoms with Crippen molar-refractivity contribution in [1.82, 2.24) is 4.90 Å². The van der Waals surface area contributed by atoms with Crippen molar-refractivity contribution < 1.29 is 23.1 Å². The quantitative estimate of drug-likeness (QED) is 0.740. The Morgan fingerprint density at radius 2 is 2.00 bits per heavy atom. The van der Waals surface area contributed by atoms with Gasteiger partial charge in [-0.05, 0) is 55.7 Å². The Morgan fingerprint density at radius 3 is 2.67 bits per heavy atom. The zero-order chi connectivity index (χ0) is 21.9. The van der Waals surface area contributed by atoms with E-state index in [0.29, 0.717) is 36.2 Å². The molecule has 0 bridgehead atoms. The Hall–Kier alpha value is -2.67. The summed E-state index contributed by atoms with van der Waals surface area (Å²) in [7, 11) is 0. The predicted molar refractivity (Wildman–Crippen MR) is 109 cm³/mol. The lowest BCUT2D eigenvalue weighted by Gasteiger charge is -2.42. The van der Waals surface area contributed by atoms with E-state index >= 15 is 0 Å². The molecule has 1 heterocycles. The first-order chi connectivity index (χ1) is 14.2. The fourth-order valence-electron chi connectivity index (χ4n) is 3.84. The highest BCUT2D eigenvalue weighted by atomic mass is 35.5. The number of ether oxygens (including phenoxy) is 1. The second-order valence-corrected chi connectivity index (χ2v) is 8.20. The molecule has 1 atom stereocenters. The van der Waals surface area contributed by atoms with Crippen LogP contribution in [0.4, 0.5) is 8.78 Å². The van der Waals surface area contributed by atoms with Crippen LogP contribution in [0.2, 0.25) is 5.02 Å². The van der Waals surface area contributed by atoms with Gasteiger partial charge in [-0.3, -0.25) is 9.59 Å². The van der Waals surface area contributed by atoms with E-state index in [4.69, 9.17) is 22.1 Å². The molecule has 2 aromatic carbocycles. The van der Waals surface area contributed by atoms with Gasteiger partial charge in [-0.1, -0.05) is 11.6 Å². The zero-order valence-corrected chi connectivity index (χ0v) is 17.3. The minimum Gasteiger partial charge on any atom is -0.493 e. The number of halogens is 3. The van der Waals surface area contributed by atoms with Crippen molar-refractivity contribution in [3.63, 3.8) is 0 Å². The van der Waals surface area contributed by atoms with Gasteiger partial charge in [0.1, 0.15) is 17.4 Å². The van der Waals surface area contributed by atoms with E-state index in [1.54, 1.807) is 18.2 Å². The van der Waals surface area contributed by atoms with Crippen LogP contribution < -0.4 is 10.5 Å². The maximum absolute atomic E-state index is 14.1. The molecule has 1 aliphatic heterocycles. The number of carbonyl (C=O) groups is 2. The van der Waals surface area contributed by atoms with Crippen LogP contribution in [0.15, 0.2) is 36.4 Å². The molecule has 5 nitrogen and oxygen atoms in total. The van der Waals surface area contributed by atoms with Crippen molar-refractivity contribution in [2.24, 2.45) is 11.1 Å². The van der Waals surface area contributed by atoms with Crippen LogP contribution in [-0.2, 0) is 4.79 Å². The molecule has 2 N–H and O–H groups in total. The largest absolute Gasteiger partial charge is 0.493 e. The van der Waals surface area contributed by atoms with Gasteiger partial charge in [0.2, 0.25) is 5.91 Å². The molecule has 2 amide bonds. The summed E-state index contributed by atoms with van der Waals surface area (Å²) in [4.78, 5) is 26.1. The number of carbonyl (C=O) groups excluding carboxylic acids is 2. The number of benzene rings is 2. The predicted octanol–water partition coefficient (Wildman–Crippen LogP) is 4.10. The van der Waals surface area contributed by atoms with Crippen molar-refractivity contribution in [1.29, 1.82) is 0 Å². The first kappa shape index (κ1) is 22.0. The van der Waals surface area contributed by atoms with E-state index in [9.17, 15) is 18.4 Å². The van der Waals surface area contributed by atoms with E-state index in [2.05, 4.69) is 0 Å². The van der Waals surface area contributed by atoms with Crippen LogP contribution in [-0.4, -0.2) is 36.4 Å². The van der Waals surface area contributed by atoms with Crippen molar-refractivity contribution >= 4 is 23.4 Å². The number of amides is 2. The van der Waals surface area contributed by atoms with Gasteiger partial charge in [-0.15, -0.1) is 0 Å². The van der Waals surface area contributed by atoms with Crippen LogP contribution in [0.25, 0.3) is 0 Å². The zero-order valence-electron chi connectivity index (χ0n) is 16.6. The molecule has 30 heavy (non-hydrogen) atoms.